The van der Waals surface area contributed by atoms with Crippen LogP contribution in [-0.4, -0.2) is 35.2 Å². The van der Waals surface area contributed by atoms with Gasteiger partial charge in [0.25, 0.3) is 5.91 Å². The highest BCUT2D eigenvalue weighted by Crippen LogP contribution is 2.37. The smallest absolute Gasteiger partial charge is 0.260 e. The van der Waals surface area contributed by atoms with Crippen LogP contribution in [0.3, 0.4) is 0 Å². The van der Waals surface area contributed by atoms with Crippen molar-refractivity contribution < 1.29 is 36.6 Å². The number of hydrogen-bond donors (Lipinski definition) is 1. The molecule has 4 aromatic carbocycles. The zero-order valence-corrected chi connectivity index (χ0v) is 29.8. The number of pyridine rings is 1. The summed E-state index contributed by atoms with van der Waals surface area (Å²) in [6, 6.07) is 20.9. The Hall–Kier alpha value is -4.75. The van der Waals surface area contributed by atoms with Crippen LogP contribution >= 0.6 is 23.2 Å². The summed E-state index contributed by atoms with van der Waals surface area (Å²) in [4.78, 5) is 14.7. The number of phenols is 1. The zero-order chi connectivity index (χ0) is 36.9. The number of nitrogens with zero attached hydrogens (tertiary/aromatic N) is 3. The molecule has 0 unspecified atom stereocenters. The Kier molecular flexibility index (Phi) is 11.8. The summed E-state index contributed by atoms with van der Waals surface area (Å²) in [7, 11) is -4.52. The van der Waals surface area contributed by atoms with Crippen LogP contribution in [0, 0.1) is 22.8 Å². The van der Waals surface area contributed by atoms with Gasteiger partial charge in [0.05, 0.1) is 5.02 Å². The van der Waals surface area contributed by atoms with E-state index < -0.39 is 38.2 Å². The topological polar surface area (TPSA) is 114 Å². The van der Waals surface area contributed by atoms with E-state index in [2.05, 4.69) is 0 Å². The molecule has 0 aliphatic rings. The van der Waals surface area contributed by atoms with Gasteiger partial charge in [0.15, 0.2) is 18.1 Å². The fourth-order valence-electron chi connectivity index (χ4n) is 5.35. The van der Waals surface area contributed by atoms with Crippen LogP contribution in [0.2, 0.25) is 10.0 Å². The van der Waals surface area contributed by atoms with Crippen molar-refractivity contribution in [1.82, 2.24) is 9.21 Å². The predicted octanol–water partition coefficient (Wildman–Crippen LogP) is 8.09. The van der Waals surface area contributed by atoms with Gasteiger partial charge in [0.2, 0.25) is 10.0 Å². The number of sulfonamides is 1. The standard InChI is InChI=1S/C37H33Cl2F2N3O6S/c1-24(2)19-42(37(46)28-4-3-13-43(47)23-28)20-26-14-27(16-33(15-26)50-32-11-9-31(41)10-12-32)22-44(21-25-5-7-30(40)8-6-25)51(48,49)35-18-29(38)17-34(39)36(35)45/h3-18,23-24,45H,19-22H2,1-2H3. The molecule has 0 fully saturated rings. The van der Waals surface area contributed by atoms with Gasteiger partial charge in [-0.15, -0.1) is 0 Å². The minimum atomic E-state index is -4.52. The third kappa shape index (κ3) is 9.73. The average molecular weight is 757 g/mol. The first-order valence-corrected chi connectivity index (χ1v) is 17.8. The molecular formula is C37H33Cl2F2N3O6S. The fourth-order valence-corrected chi connectivity index (χ4v) is 7.51. The van der Waals surface area contributed by atoms with Gasteiger partial charge in [-0.2, -0.15) is 9.04 Å². The normalized spacial score (nSPS) is 11.6. The van der Waals surface area contributed by atoms with Gasteiger partial charge in [-0.3, -0.25) is 4.79 Å². The highest BCUT2D eigenvalue weighted by Gasteiger charge is 2.30. The van der Waals surface area contributed by atoms with E-state index in [4.69, 9.17) is 27.9 Å². The first-order valence-electron chi connectivity index (χ1n) is 15.6. The number of benzene rings is 4. The molecular weight excluding hydrogens is 723 g/mol. The van der Waals surface area contributed by atoms with Crippen LogP contribution in [0.4, 0.5) is 8.78 Å². The van der Waals surface area contributed by atoms with Crippen molar-refractivity contribution in [2.75, 3.05) is 6.54 Å². The Bertz CT molecular complexity index is 2140. The van der Waals surface area contributed by atoms with E-state index in [1.54, 1.807) is 29.2 Å². The van der Waals surface area contributed by atoms with Crippen molar-refractivity contribution in [3.05, 3.63) is 153 Å². The second kappa shape index (κ2) is 16.1. The third-order valence-corrected chi connectivity index (χ3v) is 9.90. The monoisotopic (exact) mass is 755 g/mol. The molecule has 1 N–H and O–H groups in total. The molecule has 5 rings (SSSR count). The van der Waals surface area contributed by atoms with Gasteiger partial charge in [0.1, 0.15) is 33.6 Å². The van der Waals surface area contributed by atoms with Gasteiger partial charge in [0, 0.05) is 37.3 Å². The molecule has 0 spiro atoms. The number of carbonyl (C=O) groups is 1. The van der Waals surface area contributed by atoms with Gasteiger partial charge in [-0.1, -0.05) is 55.2 Å². The van der Waals surface area contributed by atoms with E-state index in [0.29, 0.717) is 33.7 Å². The van der Waals surface area contributed by atoms with E-state index in [0.717, 1.165) is 10.4 Å². The lowest BCUT2D eigenvalue weighted by atomic mass is 10.1. The maximum absolute atomic E-state index is 14.2. The van der Waals surface area contributed by atoms with E-state index >= 15 is 0 Å². The molecule has 0 aliphatic carbocycles. The second-order valence-electron chi connectivity index (χ2n) is 12.2. The number of aromatic nitrogens is 1. The van der Waals surface area contributed by atoms with Gasteiger partial charge in [-0.05, 0) is 89.3 Å². The number of hydrogen-bond acceptors (Lipinski definition) is 6. The summed E-state index contributed by atoms with van der Waals surface area (Å²) in [5.74, 6) is -1.46. The highest BCUT2D eigenvalue weighted by atomic mass is 35.5. The quantitative estimate of drug-likeness (QED) is 0.0960. The molecule has 0 atom stereocenters. The molecule has 0 radical (unpaired) electrons. The number of halogens is 4. The molecule has 14 heteroatoms. The van der Waals surface area contributed by atoms with Crippen molar-refractivity contribution in [3.63, 3.8) is 0 Å². The molecule has 266 valence electrons. The summed E-state index contributed by atoms with van der Waals surface area (Å²) in [6.45, 7) is 3.72. The number of carbonyl (C=O) groups excluding carboxylic acids is 1. The number of phenolic OH excluding ortho intramolecular Hbond substituents is 1. The summed E-state index contributed by atoms with van der Waals surface area (Å²) in [6.07, 6.45) is 2.46. The molecule has 0 aliphatic heterocycles. The van der Waals surface area contributed by atoms with Crippen molar-refractivity contribution >= 4 is 39.1 Å². The Labute approximate surface area is 304 Å². The van der Waals surface area contributed by atoms with Crippen LogP contribution in [0.5, 0.6) is 17.2 Å². The SMILES string of the molecule is CC(C)CN(Cc1cc(CN(Cc2ccc(F)cc2)S(=O)(=O)c2cc(Cl)cc(Cl)c2O)cc(Oc2ccc(F)cc2)c1)C(=O)c1ccc[n+]([O-])c1. The molecule has 1 amide bonds. The first-order chi connectivity index (χ1) is 24.2. The van der Waals surface area contributed by atoms with Crippen LogP contribution in [-0.2, 0) is 29.7 Å². The Morgan fingerprint density at radius 1 is 0.863 bits per heavy atom. The maximum Gasteiger partial charge on any atom is 0.260 e. The highest BCUT2D eigenvalue weighted by molar-refractivity contribution is 7.89. The lowest BCUT2D eigenvalue weighted by molar-refractivity contribution is -0.605. The van der Waals surface area contributed by atoms with Crippen molar-refractivity contribution in [3.8, 4) is 17.2 Å². The lowest BCUT2D eigenvalue weighted by Gasteiger charge is -2.26. The summed E-state index contributed by atoms with van der Waals surface area (Å²) in [5, 5.41) is 22.4. The Morgan fingerprint density at radius 3 is 2.10 bits per heavy atom. The van der Waals surface area contributed by atoms with Crippen molar-refractivity contribution in [2.24, 2.45) is 5.92 Å². The molecule has 0 saturated heterocycles. The van der Waals surface area contributed by atoms with Crippen LogP contribution in [0.25, 0.3) is 0 Å². The molecule has 1 aromatic heterocycles. The molecule has 0 saturated carbocycles. The second-order valence-corrected chi connectivity index (χ2v) is 15.0. The first kappa shape index (κ1) is 37.5. The number of aromatic hydroxyl groups is 1. The number of ether oxygens (including phenoxy) is 1. The lowest BCUT2D eigenvalue weighted by Crippen LogP contribution is -2.36. The third-order valence-electron chi connectivity index (χ3n) is 7.59. The van der Waals surface area contributed by atoms with Crippen molar-refractivity contribution in [2.45, 2.75) is 38.4 Å². The summed E-state index contributed by atoms with van der Waals surface area (Å²) in [5.41, 5.74) is 1.59. The van der Waals surface area contributed by atoms with E-state index in [-0.39, 0.29) is 46.9 Å². The predicted molar refractivity (Wildman–Crippen MR) is 189 cm³/mol. The van der Waals surface area contributed by atoms with Crippen molar-refractivity contribution in [1.29, 1.82) is 0 Å². The fraction of sp³-hybridized carbons (Fsp3) is 0.189. The molecule has 0 bridgehead atoms. The number of rotatable bonds is 13. The van der Waals surface area contributed by atoms with Crippen LogP contribution in [0.1, 0.15) is 40.9 Å². The van der Waals surface area contributed by atoms with Gasteiger partial charge < -0.3 is 20.0 Å². The Balaban J connectivity index is 1.59. The molecule has 51 heavy (non-hydrogen) atoms. The van der Waals surface area contributed by atoms with Gasteiger partial charge >= 0.3 is 0 Å². The largest absolute Gasteiger partial charge is 0.619 e. The van der Waals surface area contributed by atoms with Crippen LogP contribution in [0.15, 0.2) is 108 Å². The number of amides is 1. The maximum atomic E-state index is 14.2. The average Bonchev–Trinajstić information content (AvgIpc) is 3.07. The summed E-state index contributed by atoms with van der Waals surface area (Å²) >= 11 is 12.3. The van der Waals surface area contributed by atoms with Crippen LogP contribution < -0.4 is 9.47 Å². The van der Waals surface area contributed by atoms with Gasteiger partial charge in [-0.25, -0.2) is 17.2 Å². The molecule has 5 aromatic rings. The molecule has 9 nitrogen and oxygen atoms in total. The minimum Gasteiger partial charge on any atom is -0.619 e. The van der Waals surface area contributed by atoms with E-state index in [1.165, 1.54) is 73.1 Å². The Morgan fingerprint density at radius 2 is 1.47 bits per heavy atom. The molecule has 1 heterocycles. The van der Waals surface area contributed by atoms with E-state index in [1.807, 2.05) is 13.8 Å². The zero-order valence-electron chi connectivity index (χ0n) is 27.5. The van der Waals surface area contributed by atoms with E-state index in [9.17, 15) is 32.3 Å². The summed E-state index contributed by atoms with van der Waals surface area (Å²) < 4.78 is 63.6. The minimum absolute atomic E-state index is 0.0223.